The summed E-state index contributed by atoms with van der Waals surface area (Å²) in [6.45, 7) is 2.93. The van der Waals surface area contributed by atoms with E-state index in [1.165, 1.54) is 37.6 Å². The Kier molecular flexibility index (Phi) is 6.56. The zero-order valence-corrected chi connectivity index (χ0v) is 16.8. The summed E-state index contributed by atoms with van der Waals surface area (Å²) in [5.41, 5.74) is 0.581. The molecule has 1 amide bonds. The summed E-state index contributed by atoms with van der Waals surface area (Å²) in [5, 5.41) is 9.35. The number of aliphatic hydroxyl groups excluding tert-OH is 1. The van der Waals surface area contributed by atoms with Gasteiger partial charge < -0.3 is 24.2 Å². The zero-order chi connectivity index (χ0) is 21.0. The molecular formula is C20H21ClN2O6. The number of aliphatic hydroxyl groups is 1. The van der Waals surface area contributed by atoms with Crippen LogP contribution in [0.5, 0.6) is 17.4 Å². The fraction of sp³-hybridized carbons (Fsp3) is 0.350. The number of benzene rings is 1. The summed E-state index contributed by atoms with van der Waals surface area (Å²) in [7, 11) is 1.26. The van der Waals surface area contributed by atoms with E-state index in [9.17, 15) is 14.7 Å². The lowest BCUT2D eigenvalue weighted by Crippen LogP contribution is -2.42. The first-order valence-corrected chi connectivity index (χ1v) is 9.42. The molecule has 1 saturated heterocycles. The number of halogens is 1. The quantitative estimate of drug-likeness (QED) is 0.687. The summed E-state index contributed by atoms with van der Waals surface area (Å²) in [5.74, 6) is -0.0746. The highest BCUT2D eigenvalue weighted by Crippen LogP contribution is 2.32. The fourth-order valence-corrected chi connectivity index (χ4v) is 2.84. The first-order valence-electron chi connectivity index (χ1n) is 9.05. The first-order chi connectivity index (χ1) is 13.9. The van der Waals surface area contributed by atoms with Gasteiger partial charge in [0.15, 0.2) is 0 Å². The summed E-state index contributed by atoms with van der Waals surface area (Å²) in [6, 6.07) is 5.98. The molecular weight excluding hydrogens is 400 g/mol. The number of methoxy groups -OCH3 is 1. The van der Waals surface area contributed by atoms with Gasteiger partial charge in [0.1, 0.15) is 22.6 Å². The molecule has 0 spiro atoms. The summed E-state index contributed by atoms with van der Waals surface area (Å²) in [6.07, 6.45) is 1.91. The van der Waals surface area contributed by atoms with Crippen molar-refractivity contribution in [2.24, 2.45) is 0 Å². The third-order valence-corrected chi connectivity index (χ3v) is 4.58. The Morgan fingerprint density at radius 2 is 1.93 bits per heavy atom. The first kappa shape index (κ1) is 20.9. The summed E-state index contributed by atoms with van der Waals surface area (Å²) < 4.78 is 16.0. The Morgan fingerprint density at radius 3 is 2.52 bits per heavy atom. The molecule has 154 valence electrons. The van der Waals surface area contributed by atoms with Gasteiger partial charge >= 0.3 is 5.97 Å². The van der Waals surface area contributed by atoms with Crippen molar-refractivity contribution in [2.75, 3.05) is 26.8 Å². The molecule has 29 heavy (non-hydrogen) atoms. The van der Waals surface area contributed by atoms with Gasteiger partial charge in [-0.25, -0.2) is 9.78 Å². The van der Waals surface area contributed by atoms with Crippen molar-refractivity contribution < 1.29 is 28.9 Å². The highest BCUT2D eigenvalue weighted by Gasteiger charge is 2.23. The third-order valence-electron chi connectivity index (χ3n) is 4.31. The number of pyridine rings is 1. The average molecular weight is 421 g/mol. The Labute approximate surface area is 173 Å². The van der Waals surface area contributed by atoms with E-state index in [-0.39, 0.29) is 34.7 Å². The highest BCUT2D eigenvalue weighted by atomic mass is 35.5. The van der Waals surface area contributed by atoms with E-state index in [0.717, 1.165) is 19.5 Å². The lowest BCUT2D eigenvalue weighted by atomic mass is 10.1. The molecule has 1 atom stereocenters. The highest BCUT2D eigenvalue weighted by molar-refractivity contribution is 6.32. The maximum Gasteiger partial charge on any atom is 0.338 e. The van der Waals surface area contributed by atoms with Crippen molar-refractivity contribution in [1.82, 2.24) is 9.88 Å². The minimum Gasteiger partial charge on any atom is -0.488 e. The molecule has 1 N–H and O–H groups in total. The predicted octanol–water partition coefficient (Wildman–Crippen LogP) is 2.92. The summed E-state index contributed by atoms with van der Waals surface area (Å²) >= 11 is 6.25. The number of ether oxygens (including phenoxy) is 3. The lowest BCUT2D eigenvalue weighted by molar-refractivity contribution is 0.0598. The van der Waals surface area contributed by atoms with Crippen LogP contribution in [-0.2, 0) is 4.74 Å². The molecule has 0 aliphatic carbocycles. The van der Waals surface area contributed by atoms with Gasteiger partial charge in [-0.3, -0.25) is 4.79 Å². The van der Waals surface area contributed by atoms with Crippen molar-refractivity contribution >= 4 is 23.5 Å². The lowest BCUT2D eigenvalue weighted by Gasteiger charge is -2.30. The fourth-order valence-electron chi connectivity index (χ4n) is 2.63. The molecule has 3 rings (SSSR count). The minimum atomic E-state index is -0.577. The van der Waals surface area contributed by atoms with E-state index < -0.39 is 12.1 Å². The molecule has 1 fully saturated rings. The largest absolute Gasteiger partial charge is 0.488 e. The number of rotatable bonds is 7. The van der Waals surface area contributed by atoms with Crippen LogP contribution in [0.15, 0.2) is 30.5 Å². The van der Waals surface area contributed by atoms with Crippen LogP contribution in [-0.4, -0.2) is 59.8 Å². The Morgan fingerprint density at radius 1 is 1.21 bits per heavy atom. The molecule has 2 aromatic rings. The number of amides is 1. The van der Waals surface area contributed by atoms with Crippen LogP contribution in [0, 0.1) is 0 Å². The van der Waals surface area contributed by atoms with Gasteiger partial charge in [-0.2, -0.15) is 0 Å². The molecule has 1 aromatic heterocycles. The van der Waals surface area contributed by atoms with Crippen molar-refractivity contribution in [3.63, 3.8) is 0 Å². The molecule has 1 aromatic carbocycles. The molecule has 1 aliphatic heterocycles. The van der Waals surface area contributed by atoms with Gasteiger partial charge in [-0.05, 0) is 31.5 Å². The maximum absolute atomic E-state index is 12.3. The Balaban J connectivity index is 1.85. The van der Waals surface area contributed by atoms with E-state index >= 15 is 0 Å². The van der Waals surface area contributed by atoms with E-state index in [2.05, 4.69) is 4.98 Å². The van der Waals surface area contributed by atoms with Crippen LogP contribution < -0.4 is 9.47 Å². The Hall–Kier alpha value is -2.84. The standard InChI is InChI=1S/C20H21ClN2O6/c1-12(11-24)28-15-6-13(20(26)27-2)7-16(9-15)29-18-17(21)8-14(10-22-18)19(25)23-4-3-5-23/h6-10,12,24H,3-5,11H2,1-2H3. The zero-order valence-electron chi connectivity index (χ0n) is 16.1. The third kappa shape index (κ3) is 4.96. The molecule has 1 unspecified atom stereocenters. The van der Waals surface area contributed by atoms with Crippen LogP contribution >= 0.6 is 11.6 Å². The van der Waals surface area contributed by atoms with Crippen LogP contribution in [0.3, 0.4) is 0 Å². The molecule has 1 aliphatic rings. The van der Waals surface area contributed by atoms with E-state index in [1.807, 2.05) is 0 Å². The maximum atomic E-state index is 12.3. The molecule has 8 nitrogen and oxygen atoms in total. The van der Waals surface area contributed by atoms with Gasteiger partial charge in [0.25, 0.3) is 5.91 Å². The van der Waals surface area contributed by atoms with E-state index in [0.29, 0.717) is 11.3 Å². The molecule has 9 heteroatoms. The number of hydrogen-bond donors (Lipinski definition) is 1. The van der Waals surface area contributed by atoms with Gasteiger partial charge in [0.2, 0.25) is 5.88 Å². The number of nitrogens with zero attached hydrogens (tertiary/aromatic N) is 2. The predicted molar refractivity (Wildman–Crippen MR) is 105 cm³/mol. The van der Waals surface area contributed by atoms with Crippen LogP contribution in [0.4, 0.5) is 0 Å². The number of likely N-dealkylation sites (tertiary alicyclic amines) is 1. The monoisotopic (exact) mass is 420 g/mol. The van der Waals surface area contributed by atoms with Crippen molar-refractivity contribution in [3.05, 3.63) is 46.6 Å². The van der Waals surface area contributed by atoms with Gasteiger partial charge in [-0.15, -0.1) is 0 Å². The minimum absolute atomic E-state index is 0.0787. The van der Waals surface area contributed by atoms with E-state index in [1.54, 1.807) is 11.8 Å². The second-order valence-corrected chi connectivity index (χ2v) is 6.96. The second-order valence-electron chi connectivity index (χ2n) is 6.55. The number of carbonyl (C=O) groups is 2. The molecule has 0 bridgehead atoms. The SMILES string of the molecule is COC(=O)c1cc(Oc2ncc(C(=O)N3CCC3)cc2Cl)cc(OC(C)CO)c1. The van der Waals surface area contributed by atoms with Crippen molar-refractivity contribution in [3.8, 4) is 17.4 Å². The number of aromatic nitrogens is 1. The normalized spacial score (nSPS) is 14.0. The number of carbonyl (C=O) groups excluding carboxylic acids is 2. The van der Waals surface area contributed by atoms with Crippen molar-refractivity contribution in [1.29, 1.82) is 0 Å². The van der Waals surface area contributed by atoms with Gasteiger partial charge in [-0.1, -0.05) is 11.6 Å². The van der Waals surface area contributed by atoms with Gasteiger partial charge in [0, 0.05) is 25.4 Å². The number of hydrogen-bond acceptors (Lipinski definition) is 7. The van der Waals surface area contributed by atoms with E-state index in [4.69, 9.17) is 25.8 Å². The van der Waals surface area contributed by atoms with Gasteiger partial charge in [0.05, 0.1) is 24.8 Å². The topological polar surface area (TPSA) is 98.2 Å². The summed E-state index contributed by atoms with van der Waals surface area (Å²) in [4.78, 5) is 30.1. The van der Waals surface area contributed by atoms with Crippen LogP contribution in [0.1, 0.15) is 34.1 Å². The van der Waals surface area contributed by atoms with Crippen molar-refractivity contribution in [2.45, 2.75) is 19.4 Å². The average Bonchev–Trinajstić information content (AvgIpc) is 2.67. The second kappa shape index (κ2) is 9.11. The van der Waals surface area contributed by atoms with Crippen LogP contribution in [0.25, 0.3) is 0 Å². The number of esters is 1. The molecule has 2 heterocycles. The molecule has 0 radical (unpaired) electrons. The Bertz CT molecular complexity index is 916. The van der Waals surface area contributed by atoms with Crippen LogP contribution in [0.2, 0.25) is 5.02 Å². The molecule has 0 saturated carbocycles. The smallest absolute Gasteiger partial charge is 0.338 e.